The van der Waals surface area contributed by atoms with Crippen LogP contribution in [0.4, 0.5) is 11.4 Å². The van der Waals surface area contributed by atoms with Gasteiger partial charge >= 0.3 is 0 Å². The van der Waals surface area contributed by atoms with Gasteiger partial charge in [-0.05, 0) is 62.1 Å². The fraction of sp³-hybridized carbons (Fsp3) is 0.457. The Hall–Kier alpha value is -3.56. The summed E-state index contributed by atoms with van der Waals surface area (Å²) in [4.78, 5) is 48.9. The number of rotatable bonds is 15. The Kier molecular flexibility index (Phi) is 10.2. The number of hydrogen-bond donors (Lipinski definition) is 1. The monoisotopic (exact) mass is 617 g/mol. The molecule has 3 saturated heterocycles. The van der Waals surface area contributed by atoms with Crippen molar-refractivity contribution in [2.75, 3.05) is 43.2 Å². The van der Waals surface area contributed by atoms with Crippen LogP contribution in [0.5, 0.6) is 5.75 Å². The minimum absolute atomic E-state index is 0.0386. The summed E-state index contributed by atoms with van der Waals surface area (Å²) >= 11 is 1.68. The highest BCUT2D eigenvalue weighted by Gasteiger charge is 2.74. The molecule has 2 unspecified atom stereocenters. The van der Waals surface area contributed by atoms with Crippen molar-refractivity contribution < 1.29 is 24.2 Å². The summed E-state index contributed by atoms with van der Waals surface area (Å²) in [5.74, 6) is -0.741. The maximum absolute atomic E-state index is 14.7. The van der Waals surface area contributed by atoms with Crippen LogP contribution in [0, 0.1) is 11.8 Å². The van der Waals surface area contributed by atoms with E-state index in [1.807, 2.05) is 54.6 Å². The van der Waals surface area contributed by atoms with Gasteiger partial charge in [-0.3, -0.25) is 14.4 Å². The standard InChI is InChI=1S/C35H43N3O5S/c1-4-21-36(25-13-9-8-10-14-25)32(40)29-28-19-20-35(44-28)30(29)33(41)38(23-11-6-7-12-24-39)31(35)34(42)37(22-5-2)26-15-17-27(43-3)18-16-26/h4-5,8-10,13-18,28-31,39H,1-2,6-7,11-12,19-24H2,3H3/t28-,29+,30+,31?,35?/m1/s1. The number of carbonyl (C=O) groups excluding carboxylic acids is 3. The molecular weight excluding hydrogens is 574 g/mol. The molecule has 8 nitrogen and oxygen atoms in total. The molecule has 9 heteroatoms. The molecule has 0 aromatic heterocycles. The number of amides is 3. The molecule has 0 radical (unpaired) electrons. The number of para-hydroxylation sites is 1. The van der Waals surface area contributed by atoms with Gasteiger partial charge in [-0.2, -0.15) is 0 Å². The third kappa shape index (κ3) is 5.79. The van der Waals surface area contributed by atoms with Gasteiger partial charge in [0.2, 0.25) is 11.8 Å². The highest BCUT2D eigenvalue weighted by Crippen LogP contribution is 2.67. The van der Waals surface area contributed by atoms with Gasteiger partial charge in [0, 0.05) is 42.9 Å². The van der Waals surface area contributed by atoms with Gasteiger partial charge in [0.25, 0.3) is 5.91 Å². The predicted octanol–water partition coefficient (Wildman–Crippen LogP) is 5.08. The van der Waals surface area contributed by atoms with E-state index in [0.717, 1.165) is 31.4 Å². The van der Waals surface area contributed by atoms with Gasteiger partial charge in [-0.1, -0.05) is 43.2 Å². The smallest absolute Gasteiger partial charge is 0.251 e. The van der Waals surface area contributed by atoms with Gasteiger partial charge in [-0.25, -0.2) is 0 Å². The van der Waals surface area contributed by atoms with Crippen molar-refractivity contribution in [2.24, 2.45) is 11.8 Å². The Bertz CT molecular complexity index is 1350. The minimum atomic E-state index is -0.697. The fourth-order valence-corrected chi connectivity index (χ4v) is 9.51. The summed E-state index contributed by atoms with van der Waals surface area (Å²) in [5, 5.41) is 9.20. The van der Waals surface area contributed by atoms with Gasteiger partial charge in [-0.15, -0.1) is 24.9 Å². The van der Waals surface area contributed by atoms with Crippen LogP contribution in [0.15, 0.2) is 79.9 Å². The number of ether oxygens (including phenoxy) is 1. The molecule has 1 N–H and O–H groups in total. The van der Waals surface area contributed by atoms with Crippen molar-refractivity contribution >= 4 is 40.9 Å². The molecule has 5 rings (SSSR count). The molecule has 3 aliphatic rings. The van der Waals surface area contributed by atoms with Crippen molar-refractivity contribution in [3.8, 4) is 5.75 Å². The molecule has 3 aliphatic heterocycles. The maximum atomic E-state index is 14.7. The minimum Gasteiger partial charge on any atom is -0.497 e. The highest BCUT2D eigenvalue weighted by atomic mass is 32.2. The highest BCUT2D eigenvalue weighted by molar-refractivity contribution is 8.02. The number of carbonyl (C=O) groups is 3. The molecule has 2 aromatic rings. The summed E-state index contributed by atoms with van der Waals surface area (Å²) in [6.45, 7) is 9.00. The number of unbranched alkanes of at least 4 members (excludes halogenated alkanes) is 3. The number of methoxy groups -OCH3 is 1. The van der Waals surface area contributed by atoms with Crippen LogP contribution in [0.1, 0.15) is 38.5 Å². The van der Waals surface area contributed by atoms with Crippen LogP contribution in [0.25, 0.3) is 0 Å². The second kappa shape index (κ2) is 14.0. The second-order valence-electron chi connectivity index (χ2n) is 11.7. The number of fused-ring (bicyclic) bond motifs is 1. The lowest BCUT2D eigenvalue weighted by molar-refractivity contribution is -0.139. The largest absolute Gasteiger partial charge is 0.497 e. The van der Waals surface area contributed by atoms with Crippen molar-refractivity contribution in [1.29, 1.82) is 0 Å². The predicted molar refractivity (Wildman–Crippen MR) is 176 cm³/mol. The zero-order valence-electron chi connectivity index (χ0n) is 25.5. The molecule has 2 aromatic carbocycles. The van der Waals surface area contributed by atoms with Gasteiger partial charge in [0.1, 0.15) is 11.8 Å². The van der Waals surface area contributed by atoms with Crippen LogP contribution >= 0.6 is 11.8 Å². The van der Waals surface area contributed by atoms with Gasteiger partial charge < -0.3 is 24.5 Å². The second-order valence-corrected chi connectivity index (χ2v) is 13.3. The Morgan fingerprint density at radius 3 is 2.25 bits per heavy atom. The number of hydrogen-bond acceptors (Lipinski definition) is 6. The molecule has 1 spiro atoms. The van der Waals surface area contributed by atoms with Gasteiger partial charge in [0.15, 0.2) is 0 Å². The summed E-state index contributed by atoms with van der Waals surface area (Å²) in [6, 6.07) is 16.2. The Morgan fingerprint density at radius 1 is 0.977 bits per heavy atom. The third-order valence-corrected chi connectivity index (χ3v) is 11.2. The van der Waals surface area contributed by atoms with E-state index in [0.29, 0.717) is 43.9 Å². The first-order valence-electron chi connectivity index (χ1n) is 15.5. The van der Waals surface area contributed by atoms with Crippen molar-refractivity contribution in [3.63, 3.8) is 0 Å². The average Bonchev–Trinajstić information content (AvgIpc) is 3.69. The fourth-order valence-electron chi connectivity index (χ4n) is 7.30. The lowest BCUT2D eigenvalue weighted by Crippen LogP contribution is -2.55. The quantitative estimate of drug-likeness (QED) is 0.222. The number of nitrogens with zero attached hydrogens (tertiary/aromatic N) is 3. The molecule has 3 amide bonds. The SMILES string of the molecule is C=CCN(C(=O)C1N(CCCCCCO)C(=O)[C@@H]2[C@@H](C(=O)N(CC=C)c3ccccc3)[C@H]3CCC12S3)c1ccc(OC)cc1. The first-order chi connectivity index (χ1) is 21.4. The van der Waals surface area contributed by atoms with Crippen molar-refractivity contribution in [3.05, 3.63) is 79.9 Å². The normalized spacial score (nSPS) is 25.0. The van der Waals surface area contributed by atoms with Crippen LogP contribution < -0.4 is 14.5 Å². The van der Waals surface area contributed by atoms with Gasteiger partial charge in [0.05, 0.1) is 23.7 Å². The lowest BCUT2D eigenvalue weighted by atomic mass is 9.70. The number of anilines is 2. The van der Waals surface area contributed by atoms with E-state index in [9.17, 15) is 19.5 Å². The van der Waals surface area contributed by atoms with E-state index in [4.69, 9.17) is 4.74 Å². The van der Waals surface area contributed by atoms with E-state index in [-0.39, 0.29) is 29.6 Å². The molecule has 0 aliphatic carbocycles. The Morgan fingerprint density at radius 2 is 1.61 bits per heavy atom. The average molecular weight is 618 g/mol. The van der Waals surface area contributed by atoms with Crippen LogP contribution in [0.2, 0.25) is 0 Å². The molecular formula is C35H43N3O5S. The van der Waals surface area contributed by atoms with Crippen LogP contribution in [0.3, 0.4) is 0 Å². The maximum Gasteiger partial charge on any atom is 0.251 e. The molecule has 3 heterocycles. The zero-order valence-corrected chi connectivity index (χ0v) is 26.3. The number of aliphatic hydroxyl groups excluding tert-OH is 1. The van der Waals surface area contributed by atoms with E-state index in [1.54, 1.807) is 45.7 Å². The summed E-state index contributed by atoms with van der Waals surface area (Å²) in [7, 11) is 1.60. The summed E-state index contributed by atoms with van der Waals surface area (Å²) in [6.07, 6.45) is 8.03. The molecule has 44 heavy (non-hydrogen) atoms. The molecule has 5 atom stereocenters. The molecule has 2 bridgehead atoms. The molecule has 0 saturated carbocycles. The van der Waals surface area contributed by atoms with Crippen molar-refractivity contribution in [2.45, 2.75) is 54.6 Å². The summed E-state index contributed by atoms with van der Waals surface area (Å²) in [5.41, 5.74) is 1.48. The Labute approximate surface area is 264 Å². The number of thioether (sulfide) groups is 1. The molecule has 3 fully saturated rings. The van der Waals surface area contributed by atoms with E-state index in [2.05, 4.69) is 13.2 Å². The topological polar surface area (TPSA) is 90.4 Å². The van der Waals surface area contributed by atoms with Crippen LogP contribution in [-0.2, 0) is 14.4 Å². The number of benzene rings is 2. The lowest BCUT2D eigenvalue weighted by Gasteiger charge is -2.37. The summed E-state index contributed by atoms with van der Waals surface area (Å²) < 4.78 is 4.65. The first kappa shape index (κ1) is 31.9. The first-order valence-corrected chi connectivity index (χ1v) is 16.4. The van der Waals surface area contributed by atoms with E-state index in [1.165, 1.54) is 0 Å². The number of aliphatic hydroxyl groups is 1. The zero-order chi connectivity index (χ0) is 31.3. The van der Waals surface area contributed by atoms with E-state index >= 15 is 0 Å². The molecule has 234 valence electrons. The third-order valence-electron chi connectivity index (χ3n) is 9.23. The Balaban J connectivity index is 1.51. The number of likely N-dealkylation sites (tertiary alicyclic amines) is 1. The van der Waals surface area contributed by atoms with E-state index < -0.39 is 22.6 Å². The van der Waals surface area contributed by atoms with Crippen molar-refractivity contribution in [1.82, 2.24) is 4.90 Å². The van der Waals surface area contributed by atoms with Crippen LogP contribution in [-0.4, -0.2) is 77.1 Å².